The van der Waals surface area contributed by atoms with Gasteiger partial charge in [-0.05, 0) is 46.9 Å². The predicted octanol–water partition coefficient (Wildman–Crippen LogP) is 3.56. The van der Waals surface area contributed by atoms with Gasteiger partial charge in [0.2, 0.25) is 0 Å². The van der Waals surface area contributed by atoms with E-state index in [1.54, 1.807) is 0 Å². The molecule has 0 unspecified atom stereocenters. The van der Waals surface area contributed by atoms with Crippen LogP contribution in [0, 0.1) is 9.39 Å². The number of aromatic nitrogens is 2. The van der Waals surface area contributed by atoms with Gasteiger partial charge in [-0.25, -0.2) is 4.39 Å². The lowest BCUT2D eigenvalue weighted by molar-refractivity contribution is 0.102. The second-order valence-corrected chi connectivity index (χ2v) is 5.36. The van der Waals surface area contributed by atoms with Gasteiger partial charge in [0, 0.05) is 8.96 Å². The third-order valence-electron chi connectivity index (χ3n) is 2.86. The van der Waals surface area contributed by atoms with Crippen molar-refractivity contribution in [1.29, 1.82) is 0 Å². The van der Waals surface area contributed by atoms with Crippen LogP contribution in [0.3, 0.4) is 0 Å². The van der Waals surface area contributed by atoms with Gasteiger partial charge in [0.15, 0.2) is 5.69 Å². The first-order valence-corrected chi connectivity index (χ1v) is 6.92. The molecule has 100 valence electrons. The van der Waals surface area contributed by atoms with Crippen molar-refractivity contribution < 1.29 is 9.18 Å². The Morgan fingerprint density at radius 1 is 1.25 bits per heavy atom. The number of halogens is 2. The molecule has 20 heavy (non-hydrogen) atoms. The quantitative estimate of drug-likeness (QED) is 0.667. The molecule has 1 heterocycles. The fourth-order valence-corrected chi connectivity index (χ4v) is 2.52. The fraction of sp³-hybridized carbons (Fsp3) is 0. The van der Waals surface area contributed by atoms with Crippen molar-refractivity contribution in [3.05, 3.63) is 57.5 Å². The molecule has 0 radical (unpaired) electrons. The fourth-order valence-electron chi connectivity index (χ4n) is 1.91. The molecule has 3 rings (SSSR count). The number of amides is 1. The highest BCUT2D eigenvalue weighted by Gasteiger charge is 2.15. The second-order valence-electron chi connectivity index (χ2n) is 4.20. The summed E-state index contributed by atoms with van der Waals surface area (Å²) in [5, 5.41) is 10.3. The van der Waals surface area contributed by atoms with Crippen molar-refractivity contribution in [1.82, 2.24) is 10.2 Å². The zero-order valence-corrected chi connectivity index (χ0v) is 12.3. The van der Waals surface area contributed by atoms with Crippen LogP contribution in [0.2, 0.25) is 0 Å². The van der Waals surface area contributed by atoms with E-state index in [0.29, 0.717) is 15.0 Å². The number of para-hydroxylation sites is 1. The highest BCUT2D eigenvalue weighted by atomic mass is 127. The number of benzene rings is 2. The molecule has 0 aliphatic heterocycles. The second kappa shape index (κ2) is 5.20. The molecule has 0 saturated carbocycles. The van der Waals surface area contributed by atoms with Crippen LogP contribution in [0.25, 0.3) is 10.9 Å². The van der Waals surface area contributed by atoms with E-state index in [9.17, 15) is 9.18 Å². The number of rotatable bonds is 2. The molecule has 1 aromatic heterocycles. The van der Waals surface area contributed by atoms with Crippen molar-refractivity contribution in [2.24, 2.45) is 0 Å². The lowest BCUT2D eigenvalue weighted by atomic mass is 10.2. The molecular weight excluding hydrogens is 372 g/mol. The minimum absolute atomic E-state index is 0.320. The van der Waals surface area contributed by atoms with Crippen molar-refractivity contribution in [2.75, 3.05) is 5.32 Å². The number of hydrogen-bond acceptors (Lipinski definition) is 2. The SMILES string of the molecule is O=C(Nc1ccc(F)cc1I)c1n[nH]c2ccccc12. The minimum atomic E-state index is -0.336. The smallest absolute Gasteiger partial charge is 0.276 e. The number of hydrogen-bond donors (Lipinski definition) is 2. The Bertz CT molecular complexity index is 800. The maximum atomic E-state index is 13.0. The van der Waals surface area contributed by atoms with Gasteiger partial charge in [-0.2, -0.15) is 5.10 Å². The zero-order chi connectivity index (χ0) is 14.1. The van der Waals surface area contributed by atoms with E-state index in [0.717, 1.165) is 10.9 Å². The van der Waals surface area contributed by atoms with Crippen molar-refractivity contribution in [2.45, 2.75) is 0 Å². The summed E-state index contributed by atoms with van der Waals surface area (Å²) < 4.78 is 13.7. The van der Waals surface area contributed by atoms with Crippen molar-refractivity contribution in [3.8, 4) is 0 Å². The first-order chi connectivity index (χ1) is 9.65. The zero-order valence-electron chi connectivity index (χ0n) is 10.2. The number of nitrogens with one attached hydrogen (secondary N) is 2. The summed E-state index contributed by atoms with van der Waals surface area (Å²) in [7, 11) is 0. The number of H-pyrrole nitrogens is 1. The highest BCUT2D eigenvalue weighted by Crippen LogP contribution is 2.21. The minimum Gasteiger partial charge on any atom is -0.320 e. The largest absolute Gasteiger partial charge is 0.320 e. The van der Waals surface area contributed by atoms with Crippen molar-refractivity contribution in [3.63, 3.8) is 0 Å². The number of fused-ring (bicyclic) bond motifs is 1. The van der Waals surface area contributed by atoms with Gasteiger partial charge >= 0.3 is 0 Å². The molecule has 3 aromatic rings. The summed E-state index contributed by atoms with van der Waals surface area (Å²) in [4.78, 5) is 12.2. The van der Waals surface area contributed by atoms with E-state index >= 15 is 0 Å². The van der Waals surface area contributed by atoms with Gasteiger partial charge in [0.25, 0.3) is 5.91 Å². The Morgan fingerprint density at radius 3 is 2.85 bits per heavy atom. The Balaban J connectivity index is 1.93. The van der Waals surface area contributed by atoms with Crippen LogP contribution in [0.15, 0.2) is 42.5 Å². The normalized spacial score (nSPS) is 10.7. The summed E-state index contributed by atoms with van der Waals surface area (Å²) >= 11 is 1.97. The van der Waals surface area contributed by atoms with Crippen LogP contribution in [-0.4, -0.2) is 16.1 Å². The Hall–Kier alpha value is -1.96. The molecule has 2 N–H and O–H groups in total. The van der Waals surface area contributed by atoms with Crippen LogP contribution >= 0.6 is 22.6 Å². The topological polar surface area (TPSA) is 57.8 Å². The molecule has 2 aromatic carbocycles. The summed E-state index contributed by atoms with van der Waals surface area (Å²) in [5.74, 6) is -0.662. The highest BCUT2D eigenvalue weighted by molar-refractivity contribution is 14.1. The maximum absolute atomic E-state index is 13.0. The molecular formula is C14H9FIN3O. The summed E-state index contributed by atoms with van der Waals surface area (Å²) in [6.45, 7) is 0. The monoisotopic (exact) mass is 381 g/mol. The molecule has 4 nitrogen and oxygen atoms in total. The number of carbonyl (C=O) groups excluding carboxylic acids is 1. The average molecular weight is 381 g/mol. The van der Waals surface area contributed by atoms with E-state index in [1.807, 2.05) is 46.9 Å². The predicted molar refractivity (Wildman–Crippen MR) is 83.2 cm³/mol. The molecule has 6 heteroatoms. The van der Waals surface area contributed by atoms with Crippen LogP contribution in [0.5, 0.6) is 0 Å². The molecule has 0 fully saturated rings. The van der Waals surface area contributed by atoms with Gasteiger partial charge < -0.3 is 5.32 Å². The number of nitrogens with zero attached hydrogens (tertiary/aromatic N) is 1. The van der Waals surface area contributed by atoms with Gasteiger partial charge in [0.05, 0.1) is 11.2 Å². The van der Waals surface area contributed by atoms with Crippen molar-refractivity contribution >= 4 is 45.1 Å². The third kappa shape index (κ3) is 2.38. The molecule has 0 spiro atoms. The van der Waals surface area contributed by atoms with Crippen LogP contribution < -0.4 is 5.32 Å². The summed E-state index contributed by atoms with van der Waals surface area (Å²) in [6.07, 6.45) is 0. The summed E-state index contributed by atoms with van der Waals surface area (Å²) in [6, 6.07) is 11.6. The number of anilines is 1. The van der Waals surface area contributed by atoms with E-state index in [2.05, 4.69) is 15.5 Å². The molecule has 1 amide bonds. The van der Waals surface area contributed by atoms with Gasteiger partial charge in [-0.3, -0.25) is 9.89 Å². The Labute approximate surface area is 127 Å². The van der Waals surface area contributed by atoms with Gasteiger partial charge in [-0.15, -0.1) is 0 Å². The molecule has 0 aliphatic rings. The maximum Gasteiger partial charge on any atom is 0.276 e. The lowest BCUT2D eigenvalue weighted by Gasteiger charge is -2.06. The van der Waals surface area contributed by atoms with E-state index in [4.69, 9.17) is 0 Å². The Morgan fingerprint density at radius 2 is 2.05 bits per heavy atom. The molecule has 0 saturated heterocycles. The standard InChI is InChI=1S/C14H9FIN3O/c15-8-5-6-12(10(16)7-8)17-14(20)13-9-3-1-2-4-11(9)18-19-13/h1-7H,(H,17,20)(H,18,19). The Kier molecular flexibility index (Phi) is 3.39. The van der Waals surface area contributed by atoms with Gasteiger partial charge in [-0.1, -0.05) is 18.2 Å². The molecule has 0 atom stereocenters. The first kappa shape index (κ1) is 13.0. The summed E-state index contributed by atoms with van der Waals surface area (Å²) in [5.41, 5.74) is 1.68. The first-order valence-electron chi connectivity index (χ1n) is 5.84. The number of aromatic amines is 1. The van der Waals surface area contributed by atoms with E-state index < -0.39 is 0 Å². The third-order valence-corrected chi connectivity index (χ3v) is 3.76. The van der Waals surface area contributed by atoms with E-state index in [-0.39, 0.29) is 11.7 Å². The molecule has 0 bridgehead atoms. The lowest BCUT2D eigenvalue weighted by Crippen LogP contribution is -2.13. The van der Waals surface area contributed by atoms with Crippen LogP contribution in [0.4, 0.5) is 10.1 Å². The van der Waals surface area contributed by atoms with Crippen LogP contribution in [0.1, 0.15) is 10.5 Å². The number of carbonyl (C=O) groups is 1. The van der Waals surface area contributed by atoms with E-state index in [1.165, 1.54) is 18.2 Å². The van der Waals surface area contributed by atoms with Gasteiger partial charge in [0.1, 0.15) is 5.82 Å². The van der Waals surface area contributed by atoms with Crippen LogP contribution in [-0.2, 0) is 0 Å². The molecule has 0 aliphatic carbocycles. The average Bonchev–Trinajstić information content (AvgIpc) is 2.86.